The highest BCUT2D eigenvalue weighted by molar-refractivity contribution is 5.72. The second-order valence-corrected chi connectivity index (χ2v) is 12.7. The molecule has 0 aliphatic carbocycles. The molecule has 0 aliphatic rings. The summed E-state index contributed by atoms with van der Waals surface area (Å²) in [5, 5.41) is 0. The van der Waals surface area contributed by atoms with Crippen LogP contribution in [0.4, 0.5) is 0 Å². The lowest BCUT2D eigenvalue weighted by molar-refractivity contribution is -0.906. The van der Waals surface area contributed by atoms with E-state index in [0.29, 0.717) is 0 Å². The highest BCUT2D eigenvalue weighted by atomic mass is 16.6. The molecule has 0 N–H and O–H groups in total. The number of esters is 1. The van der Waals surface area contributed by atoms with E-state index in [4.69, 9.17) is 9.47 Å². The molecule has 0 saturated carbocycles. The first-order chi connectivity index (χ1) is 19.8. The van der Waals surface area contributed by atoms with Crippen LogP contribution in [0.2, 0.25) is 0 Å². The summed E-state index contributed by atoms with van der Waals surface area (Å²) < 4.78 is 12.5. The number of ether oxygens (including phenoxy) is 2. The molecular formula is C37H60NO3+. The van der Waals surface area contributed by atoms with E-state index in [9.17, 15) is 4.79 Å². The largest absolute Gasteiger partial charge is 0.487 e. The Bertz CT molecular complexity index is 925. The van der Waals surface area contributed by atoms with Gasteiger partial charge in [-0.2, -0.15) is 0 Å². The molecule has 2 aromatic rings. The third-order valence-corrected chi connectivity index (χ3v) is 8.03. The smallest absolute Gasteiger partial charge is 0.314 e. The standard InChI is InChI=1S/C37H60NO3/c1-6-8-9-10-11-12-13-14-15-16-17-19-22-33-25-27-36(28-26-33)41-32(3)31-40-37(39)35(7-2)30-38(4,5)29-34-23-20-18-21-24-34/h18,20-21,23-28,32,35H,6-17,19,22,29-31H2,1-5H3/q+1. The maximum atomic E-state index is 12.9. The van der Waals surface area contributed by atoms with Crippen molar-refractivity contribution in [2.45, 2.75) is 123 Å². The summed E-state index contributed by atoms with van der Waals surface area (Å²) in [4.78, 5) is 12.9. The molecule has 0 aliphatic heterocycles. The van der Waals surface area contributed by atoms with Crippen LogP contribution >= 0.6 is 0 Å². The molecule has 2 aromatic carbocycles. The van der Waals surface area contributed by atoms with Crippen molar-refractivity contribution in [1.29, 1.82) is 0 Å². The lowest BCUT2D eigenvalue weighted by Crippen LogP contribution is -2.45. The van der Waals surface area contributed by atoms with Gasteiger partial charge in [0, 0.05) is 5.56 Å². The van der Waals surface area contributed by atoms with Crippen LogP contribution in [0.15, 0.2) is 54.6 Å². The average Bonchev–Trinajstić information content (AvgIpc) is 2.96. The van der Waals surface area contributed by atoms with E-state index >= 15 is 0 Å². The van der Waals surface area contributed by atoms with Gasteiger partial charge in [-0.25, -0.2) is 0 Å². The van der Waals surface area contributed by atoms with Crippen LogP contribution in [-0.2, 0) is 22.5 Å². The van der Waals surface area contributed by atoms with Crippen molar-refractivity contribution in [3.05, 3.63) is 65.7 Å². The van der Waals surface area contributed by atoms with Crippen LogP contribution in [-0.4, -0.2) is 43.8 Å². The number of carbonyl (C=O) groups excluding carboxylic acids is 1. The van der Waals surface area contributed by atoms with Crippen molar-refractivity contribution in [1.82, 2.24) is 0 Å². The van der Waals surface area contributed by atoms with Gasteiger partial charge in [-0.05, 0) is 43.9 Å². The fraction of sp³-hybridized carbons (Fsp3) is 0.649. The summed E-state index contributed by atoms with van der Waals surface area (Å²) in [5.74, 6) is 0.584. The van der Waals surface area contributed by atoms with E-state index in [1.165, 1.54) is 88.2 Å². The van der Waals surface area contributed by atoms with Gasteiger partial charge in [-0.3, -0.25) is 4.79 Å². The Morgan fingerprint density at radius 2 is 1.29 bits per heavy atom. The fourth-order valence-electron chi connectivity index (χ4n) is 5.60. The van der Waals surface area contributed by atoms with Gasteiger partial charge in [0.05, 0.1) is 20.6 Å². The number of hydrogen-bond donors (Lipinski definition) is 0. The molecule has 41 heavy (non-hydrogen) atoms. The third kappa shape index (κ3) is 16.0. The first-order valence-corrected chi connectivity index (χ1v) is 16.6. The highest BCUT2D eigenvalue weighted by Crippen LogP contribution is 2.19. The maximum Gasteiger partial charge on any atom is 0.314 e. The third-order valence-electron chi connectivity index (χ3n) is 8.03. The molecule has 0 saturated heterocycles. The van der Waals surface area contributed by atoms with Crippen molar-refractivity contribution in [2.24, 2.45) is 5.92 Å². The Balaban J connectivity index is 1.59. The molecule has 0 bridgehead atoms. The molecule has 0 amide bonds. The molecule has 230 valence electrons. The summed E-state index contributed by atoms with van der Waals surface area (Å²) in [6.45, 7) is 8.21. The first kappa shape index (κ1) is 34.9. The number of rotatable bonds is 23. The quantitative estimate of drug-likeness (QED) is 0.0763. The van der Waals surface area contributed by atoms with Crippen LogP contribution in [0.5, 0.6) is 5.75 Å². The zero-order chi connectivity index (χ0) is 29.8. The first-order valence-electron chi connectivity index (χ1n) is 16.6. The van der Waals surface area contributed by atoms with Crippen LogP contribution in [0.25, 0.3) is 0 Å². The predicted octanol–water partition coefficient (Wildman–Crippen LogP) is 9.54. The van der Waals surface area contributed by atoms with Gasteiger partial charge in [0.2, 0.25) is 0 Å². The predicted molar refractivity (Wildman–Crippen MR) is 173 cm³/mol. The number of aryl methyl sites for hydroxylation is 1. The Hall–Kier alpha value is -2.33. The second-order valence-electron chi connectivity index (χ2n) is 12.7. The van der Waals surface area contributed by atoms with Gasteiger partial charge in [0.1, 0.15) is 30.9 Å². The maximum absolute atomic E-state index is 12.9. The van der Waals surface area contributed by atoms with Gasteiger partial charge >= 0.3 is 5.97 Å². The van der Waals surface area contributed by atoms with Crippen molar-refractivity contribution in [3.63, 3.8) is 0 Å². The molecule has 0 fully saturated rings. The molecule has 4 nitrogen and oxygen atoms in total. The van der Waals surface area contributed by atoms with E-state index in [-0.39, 0.29) is 24.6 Å². The lowest BCUT2D eigenvalue weighted by atomic mass is 10.0. The fourth-order valence-corrected chi connectivity index (χ4v) is 5.60. The second kappa shape index (κ2) is 20.5. The molecule has 0 aromatic heterocycles. The summed E-state index contributed by atoms with van der Waals surface area (Å²) in [6, 6.07) is 18.9. The highest BCUT2D eigenvalue weighted by Gasteiger charge is 2.28. The Morgan fingerprint density at radius 3 is 1.85 bits per heavy atom. The van der Waals surface area contributed by atoms with Gasteiger partial charge in [-0.15, -0.1) is 0 Å². The molecule has 2 atom stereocenters. The van der Waals surface area contributed by atoms with E-state index in [1.807, 2.05) is 25.1 Å². The number of nitrogens with zero attached hydrogens (tertiary/aromatic N) is 1. The number of benzene rings is 2. The Kier molecular flexibility index (Phi) is 17.5. The van der Waals surface area contributed by atoms with Crippen molar-refractivity contribution >= 4 is 5.97 Å². The summed E-state index contributed by atoms with van der Waals surface area (Å²) in [5.41, 5.74) is 2.65. The summed E-state index contributed by atoms with van der Waals surface area (Å²) in [6.07, 6.45) is 18.3. The Labute approximate surface area is 252 Å². The van der Waals surface area contributed by atoms with Crippen LogP contribution in [0.3, 0.4) is 0 Å². The minimum atomic E-state index is -0.189. The number of carbonyl (C=O) groups is 1. The molecule has 0 spiro atoms. The molecule has 0 heterocycles. The summed E-state index contributed by atoms with van der Waals surface area (Å²) in [7, 11) is 4.35. The minimum absolute atomic E-state index is 0.125. The van der Waals surface area contributed by atoms with Crippen LogP contribution < -0.4 is 4.74 Å². The van der Waals surface area contributed by atoms with Crippen LogP contribution in [0, 0.1) is 5.92 Å². The van der Waals surface area contributed by atoms with Gasteiger partial charge in [0.15, 0.2) is 0 Å². The minimum Gasteiger partial charge on any atom is -0.487 e. The van der Waals surface area contributed by atoms with Crippen molar-refractivity contribution in [2.75, 3.05) is 27.2 Å². The van der Waals surface area contributed by atoms with Crippen molar-refractivity contribution < 1.29 is 18.8 Å². The van der Waals surface area contributed by atoms with E-state index < -0.39 is 0 Å². The van der Waals surface area contributed by atoms with Gasteiger partial charge in [0.25, 0.3) is 0 Å². The molecular weight excluding hydrogens is 506 g/mol. The van der Waals surface area contributed by atoms with E-state index in [0.717, 1.165) is 36.2 Å². The number of quaternary nitrogens is 1. The molecule has 2 rings (SSSR count). The molecule has 2 unspecified atom stereocenters. The van der Waals surface area contributed by atoms with Crippen LogP contribution in [0.1, 0.15) is 115 Å². The van der Waals surface area contributed by atoms with E-state index in [2.05, 4.69) is 64.3 Å². The normalized spacial score (nSPS) is 13.1. The van der Waals surface area contributed by atoms with Gasteiger partial charge in [-0.1, -0.05) is 127 Å². The van der Waals surface area contributed by atoms with Gasteiger partial charge < -0.3 is 14.0 Å². The molecule has 0 radical (unpaired) electrons. The Morgan fingerprint density at radius 1 is 0.732 bits per heavy atom. The van der Waals surface area contributed by atoms with Crippen molar-refractivity contribution in [3.8, 4) is 5.75 Å². The van der Waals surface area contributed by atoms with E-state index in [1.54, 1.807) is 0 Å². The monoisotopic (exact) mass is 566 g/mol. The zero-order valence-corrected chi connectivity index (χ0v) is 27.0. The SMILES string of the molecule is CCCCCCCCCCCCCCc1ccc(OC(C)COC(=O)C(CC)C[N+](C)(C)Cc2ccccc2)cc1. The molecule has 4 heteroatoms. The zero-order valence-electron chi connectivity index (χ0n) is 27.0. The number of hydrogen-bond acceptors (Lipinski definition) is 3. The topological polar surface area (TPSA) is 35.5 Å². The average molecular weight is 567 g/mol. The number of unbranched alkanes of at least 4 members (excludes halogenated alkanes) is 11. The summed E-state index contributed by atoms with van der Waals surface area (Å²) >= 11 is 0. The lowest BCUT2D eigenvalue weighted by Gasteiger charge is -2.32.